The van der Waals surface area contributed by atoms with Crippen molar-refractivity contribution in [1.29, 1.82) is 0 Å². The number of rotatable bonds is 5. The van der Waals surface area contributed by atoms with Crippen molar-refractivity contribution in [2.24, 2.45) is 0 Å². The Bertz CT molecular complexity index is 562. The van der Waals surface area contributed by atoms with Gasteiger partial charge in [0.05, 0.1) is 4.90 Å². The highest BCUT2D eigenvalue weighted by Gasteiger charge is 2.18. The SMILES string of the molecule is CCCc1cc(CC)c(C(=O)Cl)cc1S(C)(=O)=O. The first-order valence-corrected chi connectivity index (χ1v) is 8.13. The molecule has 1 rings (SSSR count). The fourth-order valence-electron chi connectivity index (χ4n) is 1.96. The smallest absolute Gasteiger partial charge is 0.252 e. The van der Waals surface area contributed by atoms with Crippen LogP contribution in [-0.4, -0.2) is 19.9 Å². The topological polar surface area (TPSA) is 51.2 Å². The molecule has 0 amide bonds. The van der Waals surface area contributed by atoms with E-state index in [-0.39, 0.29) is 4.90 Å². The maximum Gasteiger partial charge on any atom is 0.252 e. The van der Waals surface area contributed by atoms with Crippen LogP contribution in [0.3, 0.4) is 0 Å². The van der Waals surface area contributed by atoms with Gasteiger partial charge in [-0.15, -0.1) is 0 Å². The second kappa shape index (κ2) is 5.85. The van der Waals surface area contributed by atoms with Gasteiger partial charge in [0.2, 0.25) is 0 Å². The van der Waals surface area contributed by atoms with E-state index < -0.39 is 15.1 Å². The molecule has 5 heteroatoms. The van der Waals surface area contributed by atoms with Crippen molar-refractivity contribution < 1.29 is 13.2 Å². The third-order valence-electron chi connectivity index (χ3n) is 2.80. The molecule has 0 aliphatic rings. The molecular weight excluding hydrogens is 272 g/mol. The van der Waals surface area contributed by atoms with Crippen LogP contribution >= 0.6 is 11.6 Å². The van der Waals surface area contributed by atoms with Crippen molar-refractivity contribution in [3.8, 4) is 0 Å². The number of benzene rings is 1. The Hall–Kier alpha value is -0.870. The number of carbonyl (C=O) groups is 1. The Morgan fingerprint density at radius 2 is 1.83 bits per heavy atom. The first-order valence-electron chi connectivity index (χ1n) is 5.86. The monoisotopic (exact) mass is 288 g/mol. The molecule has 3 nitrogen and oxygen atoms in total. The van der Waals surface area contributed by atoms with Crippen LogP contribution in [-0.2, 0) is 22.7 Å². The maximum atomic E-state index is 11.7. The van der Waals surface area contributed by atoms with Crippen molar-refractivity contribution in [3.63, 3.8) is 0 Å². The molecule has 0 aromatic heterocycles. The van der Waals surface area contributed by atoms with E-state index in [2.05, 4.69) is 0 Å². The molecule has 100 valence electrons. The van der Waals surface area contributed by atoms with Crippen molar-refractivity contribution in [2.45, 2.75) is 38.0 Å². The van der Waals surface area contributed by atoms with Gasteiger partial charge in [-0.25, -0.2) is 8.42 Å². The average molecular weight is 289 g/mol. The third-order valence-corrected chi connectivity index (χ3v) is 4.18. The van der Waals surface area contributed by atoms with E-state index in [1.807, 2.05) is 13.8 Å². The molecule has 0 unspecified atom stereocenters. The van der Waals surface area contributed by atoms with E-state index in [1.165, 1.54) is 6.07 Å². The summed E-state index contributed by atoms with van der Waals surface area (Å²) in [7, 11) is -3.35. The zero-order valence-corrected chi connectivity index (χ0v) is 12.4. The van der Waals surface area contributed by atoms with E-state index in [1.54, 1.807) is 6.07 Å². The minimum atomic E-state index is -3.35. The average Bonchev–Trinajstić information content (AvgIpc) is 2.26. The first kappa shape index (κ1) is 15.2. The van der Waals surface area contributed by atoms with Gasteiger partial charge in [-0.2, -0.15) is 0 Å². The molecule has 0 radical (unpaired) electrons. The minimum absolute atomic E-state index is 0.213. The zero-order valence-electron chi connectivity index (χ0n) is 10.8. The molecule has 0 saturated carbocycles. The highest BCUT2D eigenvalue weighted by Crippen LogP contribution is 2.24. The predicted molar refractivity (Wildman–Crippen MR) is 73.1 cm³/mol. The fourth-order valence-corrected chi connectivity index (χ4v) is 3.11. The summed E-state index contributed by atoms with van der Waals surface area (Å²) in [6, 6.07) is 3.20. The summed E-state index contributed by atoms with van der Waals surface area (Å²) in [5.74, 6) is 0. The lowest BCUT2D eigenvalue weighted by Gasteiger charge is -2.12. The number of sulfone groups is 1. The number of aryl methyl sites for hydroxylation is 2. The maximum absolute atomic E-state index is 11.7. The Morgan fingerprint density at radius 1 is 1.22 bits per heavy atom. The number of carbonyl (C=O) groups excluding carboxylic acids is 1. The van der Waals surface area contributed by atoms with Gasteiger partial charge in [0, 0.05) is 11.8 Å². The summed E-state index contributed by atoms with van der Waals surface area (Å²) in [4.78, 5) is 11.6. The van der Waals surface area contributed by atoms with Crippen molar-refractivity contribution in [1.82, 2.24) is 0 Å². The molecule has 1 aromatic carbocycles. The zero-order chi connectivity index (χ0) is 13.9. The van der Waals surface area contributed by atoms with E-state index in [0.29, 0.717) is 18.4 Å². The Morgan fingerprint density at radius 3 is 2.22 bits per heavy atom. The molecular formula is C13H17ClO3S. The molecule has 0 atom stereocenters. The quantitative estimate of drug-likeness (QED) is 0.783. The summed E-state index contributed by atoms with van der Waals surface area (Å²) in [6.07, 6.45) is 3.32. The van der Waals surface area contributed by atoms with Crippen LogP contribution in [0.25, 0.3) is 0 Å². The van der Waals surface area contributed by atoms with Gasteiger partial charge < -0.3 is 0 Å². The van der Waals surface area contributed by atoms with Crippen LogP contribution in [0.5, 0.6) is 0 Å². The van der Waals surface area contributed by atoms with Crippen LogP contribution in [0.2, 0.25) is 0 Å². The van der Waals surface area contributed by atoms with Gasteiger partial charge in [0.25, 0.3) is 5.24 Å². The second-order valence-corrected chi connectivity index (χ2v) is 6.59. The lowest BCUT2D eigenvalue weighted by Crippen LogP contribution is -2.07. The number of hydrogen-bond acceptors (Lipinski definition) is 3. The molecule has 0 aliphatic heterocycles. The highest BCUT2D eigenvalue weighted by molar-refractivity contribution is 7.90. The minimum Gasteiger partial charge on any atom is -0.276 e. The second-order valence-electron chi connectivity index (χ2n) is 4.27. The predicted octanol–water partition coefficient (Wildman–Crippen LogP) is 2.98. The fraction of sp³-hybridized carbons (Fsp3) is 0.462. The first-order chi connectivity index (χ1) is 8.31. The van der Waals surface area contributed by atoms with Gasteiger partial charge in [-0.1, -0.05) is 26.3 Å². The van der Waals surface area contributed by atoms with Gasteiger partial charge in [0.15, 0.2) is 9.84 Å². The van der Waals surface area contributed by atoms with E-state index in [4.69, 9.17) is 11.6 Å². The van der Waals surface area contributed by atoms with Gasteiger partial charge in [-0.3, -0.25) is 4.79 Å². The van der Waals surface area contributed by atoms with Crippen LogP contribution in [0.15, 0.2) is 17.0 Å². The largest absolute Gasteiger partial charge is 0.276 e. The third kappa shape index (κ3) is 3.33. The summed E-state index contributed by atoms with van der Waals surface area (Å²) < 4.78 is 23.5. The van der Waals surface area contributed by atoms with Crippen molar-refractivity contribution in [3.05, 3.63) is 28.8 Å². The lowest BCUT2D eigenvalue weighted by molar-refractivity contribution is 0.108. The van der Waals surface area contributed by atoms with E-state index in [0.717, 1.165) is 23.8 Å². The number of halogens is 1. The Labute approximate surface area is 113 Å². The van der Waals surface area contributed by atoms with Crippen LogP contribution in [0, 0.1) is 0 Å². The molecule has 0 N–H and O–H groups in total. The molecule has 0 bridgehead atoms. The van der Waals surface area contributed by atoms with Crippen molar-refractivity contribution >= 4 is 26.7 Å². The number of hydrogen-bond donors (Lipinski definition) is 0. The van der Waals surface area contributed by atoms with Gasteiger partial charge in [-0.05, 0) is 41.6 Å². The molecule has 0 fully saturated rings. The summed E-state index contributed by atoms with van der Waals surface area (Å²) in [6.45, 7) is 3.90. The van der Waals surface area contributed by atoms with Crippen molar-refractivity contribution in [2.75, 3.05) is 6.26 Å². The summed E-state index contributed by atoms with van der Waals surface area (Å²) >= 11 is 5.50. The molecule has 1 aromatic rings. The van der Waals surface area contributed by atoms with Gasteiger partial charge >= 0.3 is 0 Å². The lowest BCUT2D eigenvalue weighted by atomic mass is 10.00. The normalized spacial score (nSPS) is 11.6. The van der Waals surface area contributed by atoms with Crippen LogP contribution in [0.4, 0.5) is 0 Å². The molecule has 0 saturated heterocycles. The van der Waals surface area contributed by atoms with Crippen LogP contribution in [0.1, 0.15) is 41.8 Å². The molecule has 0 aliphatic carbocycles. The highest BCUT2D eigenvalue weighted by atomic mass is 35.5. The Balaban J connectivity index is 3.57. The summed E-state index contributed by atoms with van der Waals surface area (Å²) in [5, 5.41) is -0.611. The molecule has 0 heterocycles. The van der Waals surface area contributed by atoms with E-state index >= 15 is 0 Å². The standard InChI is InChI=1S/C13H17ClO3S/c1-4-6-10-7-9(5-2)11(13(14)15)8-12(10)18(3,16)17/h7-8H,4-6H2,1-3H3. The molecule has 0 spiro atoms. The van der Waals surface area contributed by atoms with Gasteiger partial charge in [0.1, 0.15) is 0 Å². The molecule has 18 heavy (non-hydrogen) atoms. The Kier molecular flexibility index (Phi) is 4.93. The summed E-state index contributed by atoms with van der Waals surface area (Å²) in [5.41, 5.74) is 1.85. The van der Waals surface area contributed by atoms with E-state index in [9.17, 15) is 13.2 Å². The van der Waals surface area contributed by atoms with Crippen LogP contribution < -0.4 is 0 Å².